The number of anilines is 3. The van der Waals surface area contributed by atoms with Crippen molar-refractivity contribution in [1.82, 2.24) is 14.7 Å². The van der Waals surface area contributed by atoms with Gasteiger partial charge in [-0.05, 0) is 69.8 Å². The highest BCUT2D eigenvalue weighted by molar-refractivity contribution is 7.97. The Labute approximate surface area is 203 Å². The first-order valence-electron chi connectivity index (χ1n) is 12.0. The van der Waals surface area contributed by atoms with E-state index in [9.17, 15) is 0 Å². The normalized spacial score (nSPS) is 18.8. The molecule has 180 valence electrons. The summed E-state index contributed by atoms with van der Waals surface area (Å²) in [6.07, 6.45) is 5.71. The van der Waals surface area contributed by atoms with Crippen LogP contribution in [0.2, 0.25) is 0 Å². The van der Waals surface area contributed by atoms with E-state index in [0.717, 1.165) is 60.3 Å². The topological polar surface area (TPSA) is 105 Å². The lowest BCUT2D eigenvalue weighted by atomic mass is 10.0. The minimum atomic E-state index is 0.378. The van der Waals surface area contributed by atoms with Crippen LogP contribution in [0.4, 0.5) is 17.5 Å². The number of nitrogens with zero attached hydrogens (tertiary/aromatic N) is 3. The van der Waals surface area contributed by atoms with Crippen LogP contribution in [0.1, 0.15) is 58.4 Å². The number of hydrogen-bond donors (Lipinski definition) is 4. The molecule has 0 aliphatic carbocycles. The van der Waals surface area contributed by atoms with Crippen LogP contribution in [0, 0.1) is 5.92 Å². The number of hydrogen-bond acceptors (Lipinski definition) is 8. The lowest BCUT2D eigenvalue weighted by Crippen LogP contribution is -2.30. The van der Waals surface area contributed by atoms with E-state index < -0.39 is 0 Å². The van der Waals surface area contributed by atoms with Crippen molar-refractivity contribution >= 4 is 35.1 Å². The Morgan fingerprint density at radius 1 is 1.30 bits per heavy atom. The lowest BCUT2D eigenvalue weighted by Gasteiger charge is -2.27. The smallest absolute Gasteiger partial charge is 0.140 e. The Morgan fingerprint density at radius 3 is 2.85 bits per heavy atom. The first-order chi connectivity index (χ1) is 15.9. The summed E-state index contributed by atoms with van der Waals surface area (Å²) in [6, 6.07) is 10.5. The molecule has 0 saturated carbocycles. The van der Waals surface area contributed by atoms with Crippen molar-refractivity contribution in [3.8, 4) is 0 Å². The highest BCUT2D eigenvalue weighted by Crippen LogP contribution is 2.35. The Hall–Kier alpha value is -2.45. The molecule has 3 unspecified atom stereocenters. The van der Waals surface area contributed by atoms with E-state index in [1.54, 1.807) is 6.07 Å². The zero-order chi connectivity index (χ0) is 23.8. The van der Waals surface area contributed by atoms with Gasteiger partial charge in [0.2, 0.25) is 0 Å². The van der Waals surface area contributed by atoms with E-state index in [4.69, 9.17) is 16.5 Å². The molecule has 0 radical (unpaired) electrons. The number of nitrogens with two attached hydrogens (primary N) is 2. The van der Waals surface area contributed by atoms with E-state index in [2.05, 4.69) is 59.4 Å². The maximum absolute atomic E-state index is 5.85. The summed E-state index contributed by atoms with van der Waals surface area (Å²) in [7, 11) is 0. The number of unbranched alkanes of at least 4 members (excludes halogenated alkanes) is 1. The van der Waals surface area contributed by atoms with Crippen molar-refractivity contribution in [2.75, 3.05) is 29.0 Å². The first-order valence-corrected chi connectivity index (χ1v) is 12.8. The maximum atomic E-state index is 5.85. The van der Waals surface area contributed by atoms with E-state index >= 15 is 0 Å². The third kappa shape index (κ3) is 7.01. The van der Waals surface area contributed by atoms with Crippen LogP contribution in [0.5, 0.6) is 0 Å². The van der Waals surface area contributed by atoms with Gasteiger partial charge in [0.05, 0.1) is 0 Å². The Kier molecular flexibility index (Phi) is 9.26. The summed E-state index contributed by atoms with van der Waals surface area (Å²) < 4.78 is 3.34. The number of aromatic nitrogens is 2. The van der Waals surface area contributed by atoms with Crippen LogP contribution in [-0.4, -0.2) is 35.1 Å². The van der Waals surface area contributed by atoms with Crippen LogP contribution >= 0.6 is 11.9 Å². The molecule has 2 aromatic heterocycles. The molecular weight excluding hydrogens is 430 g/mol. The highest BCUT2D eigenvalue weighted by atomic mass is 32.2. The second kappa shape index (κ2) is 12.1. The number of pyridine rings is 2. The average molecular weight is 470 g/mol. The molecule has 33 heavy (non-hydrogen) atoms. The Bertz CT molecular complexity index is 919. The fourth-order valence-corrected chi connectivity index (χ4v) is 4.99. The summed E-state index contributed by atoms with van der Waals surface area (Å²) in [5, 5.41) is 4.38. The molecule has 2 aromatic rings. The summed E-state index contributed by atoms with van der Waals surface area (Å²) in [4.78, 5) is 11.8. The van der Waals surface area contributed by atoms with Crippen molar-refractivity contribution in [3.05, 3.63) is 42.5 Å². The monoisotopic (exact) mass is 469 g/mol. The largest absolute Gasteiger partial charge is 0.384 e. The molecule has 0 bridgehead atoms. The van der Waals surface area contributed by atoms with Gasteiger partial charge in [-0.1, -0.05) is 32.4 Å². The molecule has 7 nitrogen and oxygen atoms in total. The average Bonchev–Trinajstić information content (AvgIpc) is 3.16. The lowest BCUT2D eigenvalue weighted by molar-refractivity contribution is 0.530. The van der Waals surface area contributed by atoms with Gasteiger partial charge in [0.25, 0.3) is 0 Å². The van der Waals surface area contributed by atoms with Crippen molar-refractivity contribution in [2.45, 2.75) is 70.0 Å². The molecule has 1 fully saturated rings. The zero-order valence-corrected chi connectivity index (χ0v) is 21.0. The molecule has 3 atom stereocenters. The zero-order valence-electron chi connectivity index (χ0n) is 20.2. The van der Waals surface area contributed by atoms with Gasteiger partial charge in [-0.15, -0.1) is 0 Å². The molecule has 0 aromatic carbocycles. The number of nitrogens with one attached hydrogen (secondary N) is 2. The van der Waals surface area contributed by atoms with E-state index in [0.29, 0.717) is 23.8 Å². The molecule has 8 heteroatoms. The van der Waals surface area contributed by atoms with Crippen molar-refractivity contribution in [3.63, 3.8) is 0 Å². The molecule has 3 rings (SSSR count). The number of nitrogen functional groups attached to an aromatic ring is 1. The molecule has 0 amide bonds. The van der Waals surface area contributed by atoms with Gasteiger partial charge in [-0.25, -0.2) is 9.97 Å². The van der Waals surface area contributed by atoms with Crippen molar-refractivity contribution in [2.24, 2.45) is 11.7 Å². The van der Waals surface area contributed by atoms with E-state index in [-0.39, 0.29) is 0 Å². The maximum Gasteiger partial charge on any atom is 0.140 e. The standard InChI is InChI=1S/C25H39N7S/c1-5-6-8-17(2)28-23-12-11-21(19(4)31-33-24-10-7-9-22(27)29-24)25(30-23)32-16-20(13-14-26)15-18(32)3/h7,9-12,17-18,20,31H,4-6,8,13-16,26H2,1-3H3,(H2,27,29)(H,28,30). The Balaban J connectivity index is 1.82. The third-order valence-corrected chi connectivity index (χ3v) is 6.90. The fourth-order valence-electron chi connectivity index (χ4n) is 4.36. The van der Waals surface area contributed by atoms with Crippen LogP contribution in [0.3, 0.4) is 0 Å². The van der Waals surface area contributed by atoms with Crippen LogP contribution < -0.4 is 26.4 Å². The summed E-state index contributed by atoms with van der Waals surface area (Å²) in [5.41, 5.74) is 13.5. The molecule has 1 aliphatic heterocycles. The molecule has 1 aliphatic rings. The van der Waals surface area contributed by atoms with Gasteiger partial charge in [-0.3, -0.25) is 0 Å². The molecule has 1 saturated heterocycles. The van der Waals surface area contributed by atoms with Gasteiger partial charge in [0, 0.05) is 41.8 Å². The minimum Gasteiger partial charge on any atom is -0.384 e. The summed E-state index contributed by atoms with van der Waals surface area (Å²) in [6.45, 7) is 12.7. The van der Waals surface area contributed by atoms with Crippen molar-refractivity contribution < 1.29 is 0 Å². The van der Waals surface area contributed by atoms with Crippen LogP contribution in [0.25, 0.3) is 5.70 Å². The SMILES string of the molecule is C=C(NSc1cccc(N)n1)c1ccc(NC(C)CCCC)nc1N1CC(CCN)CC1C. The second-order valence-corrected chi connectivity index (χ2v) is 9.85. The molecule has 6 N–H and O–H groups in total. The quantitative estimate of drug-likeness (QED) is 0.326. The van der Waals surface area contributed by atoms with Crippen LogP contribution in [0.15, 0.2) is 41.9 Å². The first kappa shape index (κ1) is 25.2. The van der Waals surface area contributed by atoms with Gasteiger partial charge >= 0.3 is 0 Å². The summed E-state index contributed by atoms with van der Waals surface area (Å²) in [5.74, 6) is 2.96. The Morgan fingerprint density at radius 2 is 2.12 bits per heavy atom. The van der Waals surface area contributed by atoms with Gasteiger partial charge in [-0.2, -0.15) is 0 Å². The molecular formula is C25H39N7S. The minimum absolute atomic E-state index is 0.378. The second-order valence-electron chi connectivity index (χ2n) is 9.02. The predicted molar refractivity (Wildman–Crippen MR) is 142 cm³/mol. The van der Waals surface area contributed by atoms with Gasteiger partial charge < -0.3 is 26.4 Å². The third-order valence-electron chi connectivity index (χ3n) is 6.12. The summed E-state index contributed by atoms with van der Waals surface area (Å²) >= 11 is 1.40. The highest BCUT2D eigenvalue weighted by Gasteiger charge is 2.31. The van der Waals surface area contributed by atoms with E-state index in [1.807, 2.05) is 12.1 Å². The van der Waals surface area contributed by atoms with Crippen LogP contribution in [-0.2, 0) is 0 Å². The molecule has 0 spiro atoms. The predicted octanol–water partition coefficient (Wildman–Crippen LogP) is 4.88. The van der Waals surface area contributed by atoms with Gasteiger partial charge in [0.1, 0.15) is 22.5 Å². The van der Waals surface area contributed by atoms with Gasteiger partial charge in [0.15, 0.2) is 0 Å². The molecule has 3 heterocycles. The number of rotatable bonds is 12. The van der Waals surface area contributed by atoms with Crippen molar-refractivity contribution in [1.29, 1.82) is 0 Å². The fraction of sp³-hybridized carbons (Fsp3) is 0.520. The van der Waals surface area contributed by atoms with E-state index in [1.165, 1.54) is 24.8 Å².